The molecule has 0 heterocycles. The monoisotopic (exact) mass is 249 g/mol. The molecule has 1 aliphatic rings. The Morgan fingerprint density at radius 3 is 2.29 bits per heavy atom. The summed E-state index contributed by atoms with van der Waals surface area (Å²) in [5, 5.41) is 12.2. The third-order valence-corrected chi connectivity index (χ3v) is 3.58. The quantitative estimate of drug-likeness (QED) is 0.804. The van der Waals surface area contributed by atoms with Gasteiger partial charge in [0.15, 0.2) is 0 Å². The second-order valence-corrected chi connectivity index (χ2v) is 5.52. The third-order valence-electron chi connectivity index (χ3n) is 3.58. The highest BCUT2D eigenvalue weighted by Crippen LogP contribution is 2.36. The highest BCUT2D eigenvalue weighted by Gasteiger charge is 2.38. The Bertz CT molecular complexity index is 280. The van der Waals surface area contributed by atoms with E-state index >= 15 is 0 Å². The molecular formula is C12H21F2NO2. The number of alkyl halides is 2. The average Bonchev–Trinajstić information content (AvgIpc) is 2.16. The summed E-state index contributed by atoms with van der Waals surface area (Å²) in [6.45, 7) is 5.02. The van der Waals surface area contributed by atoms with Crippen molar-refractivity contribution in [3.8, 4) is 0 Å². The van der Waals surface area contributed by atoms with E-state index in [1.807, 2.05) is 0 Å². The summed E-state index contributed by atoms with van der Waals surface area (Å²) in [6, 6.07) is 0. The highest BCUT2D eigenvalue weighted by atomic mass is 19.3. The number of halogens is 2. The van der Waals surface area contributed by atoms with Gasteiger partial charge >= 0.3 is 0 Å². The normalized spacial score (nSPS) is 23.2. The first kappa shape index (κ1) is 14.4. The maximum absolute atomic E-state index is 12.9. The Morgan fingerprint density at radius 1 is 1.41 bits per heavy atom. The maximum Gasteiger partial charge on any atom is 0.248 e. The molecule has 1 aliphatic carbocycles. The number of hydrogen-bond acceptors (Lipinski definition) is 2. The van der Waals surface area contributed by atoms with E-state index in [-0.39, 0.29) is 37.5 Å². The fraction of sp³-hybridized carbons (Fsp3) is 0.917. The molecule has 1 atom stereocenters. The van der Waals surface area contributed by atoms with Crippen molar-refractivity contribution in [1.29, 1.82) is 0 Å². The smallest absolute Gasteiger partial charge is 0.248 e. The van der Waals surface area contributed by atoms with Gasteiger partial charge in [0.2, 0.25) is 11.8 Å². The molecule has 1 saturated carbocycles. The number of carbonyl (C=O) groups excluding carboxylic acids is 1. The van der Waals surface area contributed by atoms with Crippen molar-refractivity contribution in [2.24, 2.45) is 5.92 Å². The van der Waals surface area contributed by atoms with E-state index in [0.717, 1.165) is 0 Å². The number of aliphatic hydroxyl groups is 1. The molecule has 5 heteroatoms. The van der Waals surface area contributed by atoms with E-state index < -0.39 is 17.6 Å². The molecule has 0 radical (unpaired) electrons. The van der Waals surface area contributed by atoms with Gasteiger partial charge < -0.3 is 10.4 Å². The van der Waals surface area contributed by atoms with E-state index in [9.17, 15) is 18.7 Å². The summed E-state index contributed by atoms with van der Waals surface area (Å²) < 4.78 is 25.9. The topological polar surface area (TPSA) is 49.3 Å². The van der Waals surface area contributed by atoms with Crippen LogP contribution >= 0.6 is 0 Å². The average molecular weight is 249 g/mol. The van der Waals surface area contributed by atoms with E-state index in [1.54, 1.807) is 20.8 Å². The van der Waals surface area contributed by atoms with Crippen LogP contribution < -0.4 is 5.32 Å². The van der Waals surface area contributed by atoms with Gasteiger partial charge in [0, 0.05) is 18.8 Å². The van der Waals surface area contributed by atoms with Gasteiger partial charge in [-0.3, -0.25) is 4.79 Å². The third kappa shape index (κ3) is 3.91. The van der Waals surface area contributed by atoms with Crippen LogP contribution in [0.4, 0.5) is 8.78 Å². The lowest BCUT2D eigenvalue weighted by Crippen LogP contribution is -2.53. The zero-order chi connectivity index (χ0) is 13.3. The lowest BCUT2D eigenvalue weighted by molar-refractivity contribution is -0.132. The molecule has 0 saturated heterocycles. The zero-order valence-electron chi connectivity index (χ0n) is 10.6. The number of nitrogens with one attached hydrogen (secondary N) is 1. The van der Waals surface area contributed by atoms with Gasteiger partial charge in [-0.2, -0.15) is 0 Å². The Balaban J connectivity index is 2.50. The Morgan fingerprint density at radius 2 is 1.88 bits per heavy atom. The van der Waals surface area contributed by atoms with Crippen LogP contribution in [0.2, 0.25) is 0 Å². The minimum Gasteiger partial charge on any atom is -0.391 e. The summed E-state index contributed by atoms with van der Waals surface area (Å²) in [4.78, 5) is 11.9. The molecule has 3 nitrogen and oxygen atoms in total. The van der Waals surface area contributed by atoms with Gasteiger partial charge in [-0.25, -0.2) is 8.78 Å². The van der Waals surface area contributed by atoms with Crippen LogP contribution in [0, 0.1) is 5.92 Å². The molecule has 0 aliphatic heterocycles. The second-order valence-electron chi connectivity index (χ2n) is 5.52. The first-order valence-corrected chi connectivity index (χ1v) is 6.02. The Hall–Kier alpha value is -0.710. The van der Waals surface area contributed by atoms with E-state index in [2.05, 4.69) is 5.32 Å². The van der Waals surface area contributed by atoms with Crippen molar-refractivity contribution in [2.75, 3.05) is 0 Å². The largest absolute Gasteiger partial charge is 0.391 e. The van der Waals surface area contributed by atoms with Crippen LogP contribution in [0.5, 0.6) is 0 Å². The molecule has 1 unspecified atom stereocenters. The molecule has 1 fully saturated rings. The van der Waals surface area contributed by atoms with E-state index in [0.29, 0.717) is 0 Å². The first-order valence-electron chi connectivity index (χ1n) is 6.02. The summed E-state index contributed by atoms with van der Waals surface area (Å²) in [5.74, 6) is -3.20. The minimum absolute atomic E-state index is 0.217. The summed E-state index contributed by atoms with van der Waals surface area (Å²) in [7, 11) is 0. The van der Waals surface area contributed by atoms with Gasteiger partial charge in [-0.15, -0.1) is 0 Å². The first-order chi connectivity index (χ1) is 7.64. The number of aliphatic hydroxyl groups excluding tert-OH is 1. The maximum atomic E-state index is 12.9. The van der Waals surface area contributed by atoms with Crippen LogP contribution in [0.25, 0.3) is 0 Å². The van der Waals surface area contributed by atoms with Crippen LogP contribution in [-0.4, -0.2) is 28.6 Å². The fourth-order valence-corrected chi connectivity index (χ4v) is 1.83. The summed E-state index contributed by atoms with van der Waals surface area (Å²) in [6.07, 6.45) is -0.694. The molecule has 17 heavy (non-hydrogen) atoms. The number of amides is 1. The van der Waals surface area contributed by atoms with Crippen molar-refractivity contribution in [1.82, 2.24) is 5.32 Å². The number of hydrogen-bond donors (Lipinski definition) is 2. The molecule has 1 amide bonds. The van der Waals surface area contributed by atoms with E-state index in [1.165, 1.54) is 0 Å². The second kappa shape index (κ2) is 4.88. The molecule has 1 rings (SSSR count). The molecule has 2 N–H and O–H groups in total. The number of rotatable bonds is 3. The van der Waals surface area contributed by atoms with Crippen LogP contribution in [-0.2, 0) is 4.79 Å². The molecule has 0 bridgehead atoms. The van der Waals surface area contributed by atoms with Gasteiger partial charge in [-0.05, 0) is 33.6 Å². The number of carbonyl (C=O) groups is 1. The molecule has 0 aromatic heterocycles. The lowest BCUT2D eigenvalue weighted by Gasteiger charge is -2.33. The molecule has 0 aromatic carbocycles. The van der Waals surface area contributed by atoms with Gasteiger partial charge in [0.1, 0.15) is 0 Å². The predicted octanol–water partition coefficient (Wildman–Crippen LogP) is 2.09. The fourth-order valence-electron chi connectivity index (χ4n) is 1.83. The molecule has 0 aromatic rings. The molecular weight excluding hydrogens is 228 g/mol. The van der Waals surface area contributed by atoms with Gasteiger partial charge in [0.25, 0.3) is 0 Å². The van der Waals surface area contributed by atoms with Crippen LogP contribution in [0.3, 0.4) is 0 Å². The van der Waals surface area contributed by atoms with Crippen molar-refractivity contribution in [3.63, 3.8) is 0 Å². The SMILES string of the molecule is CC(O)C(C)(C)NC(=O)C1CCC(F)(F)CC1. The van der Waals surface area contributed by atoms with Crippen LogP contribution in [0.15, 0.2) is 0 Å². The van der Waals surface area contributed by atoms with Crippen LogP contribution in [0.1, 0.15) is 46.5 Å². The summed E-state index contributed by atoms with van der Waals surface area (Å²) >= 11 is 0. The van der Waals surface area contributed by atoms with Crippen molar-refractivity contribution in [2.45, 2.75) is 64.0 Å². The lowest BCUT2D eigenvalue weighted by atomic mass is 9.85. The molecule has 100 valence electrons. The predicted molar refractivity (Wildman–Crippen MR) is 60.8 cm³/mol. The Kier molecular flexibility index (Phi) is 4.12. The minimum atomic E-state index is -2.61. The Labute approximate surface area is 101 Å². The van der Waals surface area contributed by atoms with Gasteiger partial charge in [-0.1, -0.05) is 0 Å². The highest BCUT2D eigenvalue weighted by molar-refractivity contribution is 5.79. The zero-order valence-corrected chi connectivity index (χ0v) is 10.6. The van der Waals surface area contributed by atoms with Crippen molar-refractivity contribution >= 4 is 5.91 Å². The van der Waals surface area contributed by atoms with Crippen molar-refractivity contribution < 1.29 is 18.7 Å². The van der Waals surface area contributed by atoms with Gasteiger partial charge in [0.05, 0.1) is 11.6 Å². The summed E-state index contributed by atoms with van der Waals surface area (Å²) in [5.41, 5.74) is -0.725. The standard InChI is InChI=1S/C12H21F2NO2/c1-8(16)11(2,3)15-10(17)9-4-6-12(13,14)7-5-9/h8-9,16H,4-7H2,1-3H3,(H,15,17). The molecule has 0 spiro atoms. The van der Waals surface area contributed by atoms with Crippen molar-refractivity contribution in [3.05, 3.63) is 0 Å². The van der Waals surface area contributed by atoms with E-state index in [4.69, 9.17) is 0 Å².